The van der Waals surface area contributed by atoms with E-state index in [0.29, 0.717) is 0 Å². The molecule has 0 aliphatic heterocycles. The quantitative estimate of drug-likeness (QED) is 0.268. The van der Waals surface area contributed by atoms with Gasteiger partial charge in [0.05, 0.1) is 0 Å². The van der Waals surface area contributed by atoms with E-state index in [1.54, 1.807) is 12.2 Å². The lowest BCUT2D eigenvalue weighted by Gasteiger charge is -1.82. The molecule has 28 heavy (non-hydrogen) atoms. The zero-order chi connectivity index (χ0) is 22.9. The van der Waals surface area contributed by atoms with E-state index in [0.717, 1.165) is 0 Å². The second-order valence-corrected chi connectivity index (χ2v) is 6.21. The van der Waals surface area contributed by atoms with E-state index >= 15 is 0 Å². The van der Waals surface area contributed by atoms with E-state index in [1.807, 2.05) is 86.6 Å². The van der Waals surface area contributed by atoms with E-state index in [2.05, 4.69) is 13.2 Å². The Kier molecular flexibility index (Phi) is 30.3. The van der Waals surface area contributed by atoms with Crippen molar-refractivity contribution in [3.63, 3.8) is 0 Å². The first-order valence-electron chi connectivity index (χ1n) is 7.54. The second-order valence-electron chi connectivity index (χ2n) is 4.15. The summed E-state index contributed by atoms with van der Waals surface area (Å²) in [5.41, 5.74) is 0. The Hall–Kier alpha value is -1.86. The summed E-state index contributed by atoms with van der Waals surface area (Å²) in [5, 5.41) is 0. The summed E-state index contributed by atoms with van der Waals surface area (Å²) in [6.07, 6.45) is 3.50. The largest absolute Gasteiger partial charge is 0.466 e. The maximum atomic E-state index is 8.88. The molecule has 0 aliphatic carbocycles. The second kappa shape index (κ2) is 25.1. The molecule has 160 valence electrons. The minimum atomic E-state index is -4.64. The molecule has 8 nitrogen and oxygen atoms in total. The van der Waals surface area contributed by atoms with Crippen LogP contribution in [-0.4, -0.2) is 29.4 Å². The third-order valence-electron chi connectivity index (χ3n) is 1.33. The SMILES string of the molecule is C=CC.C=CC.O=P(O)(O)O.O=P(O)(O)O.c1ccccc1.c1ccccc1. The highest BCUT2D eigenvalue weighted by Gasteiger charge is 2.00. The normalized spacial score (nSPS) is 8.57. The topological polar surface area (TPSA) is 156 Å². The van der Waals surface area contributed by atoms with Gasteiger partial charge in [-0.05, 0) is 13.8 Å². The Morgan fingerprint density at radius 1 is 0.500 bits per heavy atom. The van der Waals surface area contributed by atoms with Crippen LogP contribution < -0.4 is 0 Å². The van der Waals surface area contributed by atoms with Gasteiger partial charge in [0.1, 0.15) is 0 Å². The summed E-state index contributed by atoms with van der Waals surface area (Å²) in [6.45, 7) is 10.5. The van der Waals surface area contributed by atoms with Crippen molar-refractivity contribution < 1.29 is 38.5 Å². The maximum absolute atomic E-state index is 8.88. The lowest BCUT2D eigenvalue weighted by molar-refractivity contribution is 0.272. The molecule has 6 N–H and O–H groups in total. The fraction of sp³-hybridized carbons (Fsp3) is 0.111. The number of allylic oxidation sites excluding steroid dienone is 2. The molecule has 0 bridgehead atoms. The zero-order valence-electron chi connectivity index (χ0n) is 15.9. The van der Waals surface area contributed by atoms with Gasteiger partial charge in [-0.15, -0.1) is 13.2 Å². The van der Waals surface area contributed by atoms with Crippen LogP contribution in [0.2, 0.25) is 0 Å². The van der Waals surface area contributed by atoms with Crippen LogP contribution in [0.3, 0.4) is 0 Å². The van der Waals surface area contributed by atoms with Gasteiger partial charge in [-0.2, -0.15) is 0 Å². The van der Waals surface area contributed by atoms with Crippen molar-refractivity contribution in [3.05, 3.63) is 98.1 Å². The van der Waals surface area contributed by atoms with Crippen LogP contribution in [0.25, 0.3) is 0 Å². The molecule has 10 heteroatoms. The van der Waals surface area contributed by atoms with Crippen molar-refractivity contribution in [2.45, 2.75) is 13.8 Å². The first-order chi connectivity index (χ1) is 12.8. The van der Waals surface area contributed by atoms with E-state index < -0.39 is 15.6 Å². The minimum absolute atomic E-state index is 1.75. The highest BCUT2D eigenvalue weighted by Crippen LogP contribution is 2.26. The van der Waals surface area contributed by atoms with Crippen LogP contribution in [0, 0.1) is 0 Å². The van der Waals surface area contributed by atoms with Crippen LogP contribution in [0.5, 0.6) is 0 Å². The van der Waals surface area contributed by atoms with E-state index in [1.165, 1.54) is 0 Å². The van der Waals surface area contributed by atoms with Crippen LogP contribution in [0.15, 0.2) is 98.1 Å². The van der Waals surface area contributed by atoms with Gasteiger partial charge in [-0.25, -0.2) is 9.13 Å². The van der Waals surface area contributed by atoms with Gasteiger partial charge in [-0.3, -0.25) is 0 Å². The summed E-state index contributed by atoms with van der Waals surface area (Å²) in [7, 11) is -9.28. The third kappa shape index (κ3) is 126. The average Bonchev–Trinajstić information content (AvgIpc) is 2.57. The molecule has 0 radical (unpaired) electrons. The highest BCUT2D eigenvalue weighted by molar-refractivity contribution is 7.45. The van der Waals surface area contributed by atoms with Crippen molar-refractivity contribution >= 4 is 15.6 Å². The molecule has 2 aromatic carbocycles. The maximum Gasteiger partial charge on any atom is 0.466 e. The molecule has 0 aliphatic rings. The molecule has 0 spiro atoms. The number of hydrogen-bond acceptors (Lipinski definition) is 2. The number of rotatable bonds is 0. The summed E-state index contributed by atoms with van der Waals surface area (Å²) >= 11 is 0. The van der Waals surface area contributed by atoms with Gasteiger partial charge >= 0.3 is 15.6 Å². The first-order valence-corrected chi connectivity index (χ1v) is 10.7. The molecular formula is C18H30O8P2. The molecule has 0 saturated heterocycles. The van der Waals surface area contributed by atoms with Crippen LogP contribution in [0.4, 0.5) is 0 Å². The number of hydrogen-bond donors (Lipinski definition) is 6. The van der Waals surface area contributed by atoms with Crippen molar-refractivity contribution in [1.29, 1.82) is 0 Å². The number of phosphoric acid groups is 2. The zero-order valence-corrected chi connectivity index (χ0v) is 17.7. The molecule has 0 atom stereocenters. The number of benzene rings is 2. The Labute approximate surface area is 166 Å². The van der Waals surface area contributed by atoms with Gasteiger partial charge < -0.3 is 29.4 Å². The molecule has 2 aromatic rings. The van der Waals surface area contributed by atoms with Crippen LogP contribution in [-0.2, 0) is 9.13 Å². The minimum Gasteiger partial charge on any atom is -0.303 e. The molecule has 0 unspecified atom stereocenters. The molecule has 0 saturated carbocycles. The van der Waals surface area contributed by atoms with Crippen molar-refractivity contribution in [2.24, 2.45) is 0 Å². The van der Waals surface area contributed by atoms with Crippen molar-refractivity contribution in [3.8, 4) is 0 Å². The van der Waals surface area contributed by atoms with Crippen LogP contribution >= 0.6 is 15.6 Å². The lowest BCUT2D eigenvalue weighted by atomic mass is 10.4. The van der Waals surface area contributed by atoms with Gasteiger partial charge in [0, 0.05) is 0 Å². The van der Waals surface area contributed by atoms with Crippen molar-refractivity contribution in [2.75, 3.05) is 0 Å². The summed E-state index contributed by atoms with van der Waals surface area (Å²) in [5.74, 6) is 0. The van der Waals surface area contributed by atoms with Crippen LogP contribution in [0.1, 0.15) is 13.8 Å². The van der Waals surface area contributed by atoms with Crippen molar-refractivity contribution in [1.82, 2.24) is 0 Å². The molecule has 0 amide bonds. The Morgan fingerprint density at radius 2 is 0.536 bits per heavy atom. The molecular weight excluding hydrogens is 406 g/mol. The van der Waals surface area contributed by atoms with Gasteiger partial charge in [0.25, 0.3) is 0 Å². The summed E-state index contributed by atoms with van der Waals surface area (Å²) in [4.78, 5) is 43.1. The van der Waals surface area contributed by atoms with Gasteiger partial charge in [-0.1, -0.05) is 84.9 Å². The molecule has 0 heterocycles. The predicted molar refractivity (Wildman–Crippen MR) is 113 cm³/mol. The highest BCUT2D eigenvalue weighted by atomic mass is 31.2. The predicted octanol–water partition coefficient (Wildman–Crippen LogP) is 3.90. The van der Waals surface area contributed by atoms with E-state index in [-0.39, 0.29) is 0 Å². The van der Waals surface area contributed by atoms with E-state index in [9.17, 15) is 0 Å². The summed E-state index contributed by atoms with van der Waals surface area (Å²) < 4.78 is 17.8. The van der Waals surface area contributed by atoms with Gasteiger partial charge in [0.2, 0.25) is 0 Å². The Balaban J connectivity index is -0.000000126. The Bertz CT molecular complexity index is 497. The van der Waals surface area contributed by atoms with Gasteiger partial charge in [0.15, 0.2) is 0 Å². The third-order valence-corrected chi connectivity index (χ3v) is 1.33. The fourth-order valence-electron chi connectivity index (χ4n) is 0.770. The monoisotopic (exact) mass is 436 g/mol. The molecule has 0 fully saturated rings. The fourth-order valence-corrected chi connectivity index (χ4v) is 0.770. The molecule has 0 aromatic heterocycles. The summed E-state index contributed by atoms with van der Waals surface area (Å²) in [6, 6.07) is 24.0. The standard InChI is InChI=1S/2C6H6.2C3H6.2H3O4P/c2*1-2-4-6-5-3-1;2*1-3-2;2*1-5(2,3)4/h2*1-6H;2*3H,1H2,2H3;2*(H3,1,2,3,4). The lowest BCUT2D eigenvalue weighted by Crippen LogP contribution is -1.66. The smallest absolute Gasteiger partial charge is 0.303 e. The van der Waals surface area contributed by atoms with E-state index in [4.69, 9.17) is 38.5 Å². The Morgan fingerprint density at radius 3 is 0.571 bits per heavy atom. The average molecular weight is 436 g/mol. The first kappa shape index (κ1) is 33.7. The molecule has 2 rings (SSSR count).